The van der Waals surface area contributed by atoms with Gasteiger partial charge in [0.15, 0.2) is 10.7 Å². The average molecular weight is 487 g/mol. The summed E-state index contributed by atoms with van der Waals surface area (Å²) >= 11 is 1.59. The highest BCUT2D eigenvalue weighted by molar-refractivity contribution is 7.17. The van der Waals surface area contributed by atoms with Crippen molar-refractivity contribution in [1.29, 1.82) is 0 Å². The first-order chi connectivity index (χ1) is 16.8. The number of aromatic nitrogens is 2. The minimum atomic E-state index is -0.190. The maximum Gasteiger partial charge on any atom is 0.271 e. The predicted molar refractivity (Wildman–Crippen MR) is 140 cm³/mol. The highest BCUT2D eigenvalue weighted by Gasteiger charge is 2.34. The first kappa shape index (κ1) is 23.3. The number of benzene rings is 2. The number of likely N-dealkylation sites (tertiary alicyclic amines) is 1. The van der Waals surface area contributed by atoms with Crippen molar-refractivity contribution in [2.24, 2.45) is 0 Å². The van der Waals surface area contributed by atoms with Crippen LogP contribution in [0.5, 0.6) is 0 Å². The van der Waals surface area contributed by atoms with Crippen molar-refractivity contribution in [2.45, 2.75) is 47.1 Å². The fraction of sp³-hybridized carbons (Fsp3) is 0.321. The Morgan fingerprint density at radius 2 is 1.80 bits per heavy atom. The van der Waals surface area contributed by atoms with E-state index in [0.29, 0.717) is 24.3 Å². The Morgan fingerprint density at radius 3 is 2.49 bits per heavy atom. The molecule has 0 aliphatic carbocycles. The third kappa shape index (κ3) is 4.04. The van der Waals surface area contributed by atoms with Gasteiger partial charge in [0.1, 0.15) is 0 Å². The van der Waals surface area contributed by atoms with Gasteiger partial charge in [-0.3, -0.25) is 14.0 Å². The summed E-state index contributed by atoms with van der Waals surface area (Å²) in [5.41, 5.74) is 7.54. The molecule has 2 aromatic carbocycles. The molecule has 35 heavy (non-hydrogen) atoms. The Kier molecular flexibility index (Phi) is 5.97. The number of nitrogens with one attached hydrogen (secondary N) is 1. The average Bonchev–Trinajstić information content (AvgIpc) is 3.29. The molecule has 3 heterocycles. The van der Waals surface area contributed by atoms with Crippen molar-refractivity contribution in [3.05, 3.63) is 81.1 Å². The molecule has 0 saturated carbocycles. The zero-order valence-corrected chi connectivity index (χ0v) is 21.6. The van der Waals surface area contributed by atoms with E-state index in [4.69, 9.17) is 0 Å². The van der Waals surface area contributed by atoms with Crippen LogP contribution in [-0.4, -0.2) is 45.2 Å². The smallest absolute Gasteiger partial charge is 0.271 e. The van der Waals surface area contributed by atoms with Crippen molar-refractivity contribution >= 4 is 28.1 Å². The maximum absolute atomic E-state index is 13.5. The van der Waals surface area contributed by atoms with E-state index in [9.17, 15) is 9.59 Å². The van der Waals surface area contributed by atoms with Crippen molar-refractivity contribution in [3.8, 4) is 11.1 Å². The molecule has 1 unspecified atom stereocenters. The Bertz CT molecular complexity index is 1470. The molecule has 1 atom stereocenters. The van der Waals surface area contributed by atoms with Crippen LogP contribution < -0.4 is 5.32 Å². The minimum absolute atomic E-state index is 0.00844. The van der Waals surface area contributed by atoms with Crippen LogP contribution in [0.15, 0.2) is 42.5 Å². The number of carbonyl (C=O) groups is 2. The van der Waals surface area contributed by atoms with Gasteiger partial charge in [-0.1, -0.05) is 36.4 Å². The second kappa shape index (κ2) is 8.96. The van der Waals surface area contributed by atoms with Gasteiger partial charge in [0.05, 0.1) is 11.7 Å². The van der Waals surface area contributed by atoms with Crippen molar-refractivity contribution < 1.29 is 9.59 Å². The van der Waals surface area contributed by atoms with E-state index in [2.05, 4.69) is 49.3 Å². The molecular formula is C28H30N4O2S. The number of nitrogens with zero attached hydrogens (tertiary/aromatic N) is 3. The summed E-state index contributed by atoms with van der Waals surface area (Å²) in [7, 11) is 0. The van der Waals surface area contributed by atoms with Gasteiger partial charge >= 0.3 is 0 Å². The predicted octanol–water partition coefficient (Wildman–Crippen LogP) is 5.25. The quantitative estimate of drug-likeness (QED) is 0.419. The largest absolute Gasteiger partial charge is 0.349 e. The van der Waals surface area contributed by atoms with E-state index < -0.39 is 0 Å². The zero-order chi connectivity index (χ0) is 24.9. The summed E-state index contributed by atoms with van der Waals surface area (Å²) in [4.78, 5) is 34.9. The number of amides is 2. The van der Waals surface area contributed by atoms with E-state index in [1.165, 1.54) is 16.0 Å². The molecule has 0 bridgehead atoms. The molecule has 4 aromatic rings. The molecule has 0 spiro atoms. The van der Waals surface area contributed by atoms with Crippen LogP contribution in [0.1, 0.15) is 54.7 Å². The zero-order valence-electron chi connectivity index (χ0n) is 20.8. The molecule has 2 amide bonds. The summed E-state index contributed by atoms with van der Waals surface area (Å²) in [5.74, 6) is -0.181. The van der Waals surface area contributed by atoms with Crippen molar-refractivity contribution in [2.75, 3.05) is 13.1 Å². The molecule has 180 valence electrons. The lowest BCUT2D eigenvalue weighted by atomic mass is 9.94. The first-order valence-electron chi connectivity index (χ1n) is 12.0. The molecule has 7 heteroatoms. The molecule has 5 rings (SSSR count). The van der Waals surface area contributed by atoms with Crippen LogP contribution in [0, 0.1) is 34.6 Å². The van der Waals surface area contributed by atoms with Gasteiger partial charge in [-0.2, -0.15) is 0 Å². The van der Waals surface area contributed by atoms with E-state index >= 15 is 0 Å². The third-order valence-electron chi connectivity index (χ3n) is 7.26. The number of carbonyl (C=O) groups excluding carboxylic acids is 2. The second-order valence-electron chi connectivity index (χ2n) is 9.40. The fourth-order valence-corrected chi connectivity index (χ4v) is 5.74. The number of imidazole rings is 1. The Morgan fingerprint density at radius 1 is 1.03 bits per heavy atom. The SMILES string of the molecule is Cc1ccc(-c2ccccc2C(=O)N2CCC2CNC(=O)c2nc3sc(C)c(C)n3c2C)cc1C. The third-order valence-corrected chi connectivity index (χ3v) is 8.32. The summed E-state index contributed by atoms with van der Waals surface area (Å²) in [6, 6.07) is 14.1. The minimum Gasteiger partial charge on any atom is -0.349 e. The van der Waals surface area contributed by atoms with Crippen molar-refractivity contribution in [1.82, 2.24) is 19.6 Å². The van der Waals surface area contributed by atoms with Crippen LogP contribution in [0.4, 0.5) is 0 Å². The van der Waals surface area contributed by atoms with E-state index in [0.717, 1.165) is 33.9 Å². The number of aryl methyl sites for hydroxylation is 5. The number of fused-ring (bicyclic) bond motifs is 1. The maximum atomic E-state index is 13.5. The van der Waals surface area contributed by atoms with E-state index in [-0.39, 0.29) is 17.9 Å². The Labute approximate surface area is 209 Å². The molecule has 1 aliphatic rings. The van der Waals surface area contributed by atoms with E-state index in [1.54, 1.807) is 11.3 Å². The van der Waals surface area contributed by atoms with Crippen LogP contribution in [-0.2, 0) is 0 Å². The summed E-state index contributed by atoms with van der Waals surface area (Å²) in [5, 5.41) is 3.02. The molecule has 1 aliphatic heterocycles. The first-order valence-corrected chi connectivity index (χ1v) is 12.8. The lowest BCUT2D eigenvalue weighted by Gasteiger charge is -2.41. The lowest BCUT2D eigenvalue weighted by molar-refractivity contribution is 0.0456. The van der Waals surface area contributed by atoms with Crippen LogP contribution in [0.3, 0.4) is 0 Å². The van der Waals surface area contributed by atoms with Crippen LogP contribution >= 0.6 is 11.3 Å². The molecule has 0 radical (unpaired) electrons. The van der Waals surface area contributed by atoms with Gasteiger partial charge in [0.25, 0.3) is 11.8 Å². The summed E-state index contributed by atoms with van der Waals surface area (Å²) in [6.45, 7) is 11.3. The summed E-state index contributed by atoms with van der Waals surface area (Å²) in [6.07, 6.45) is 0.868. The normalized spacial score (nSPS) is 15.3. The van der Waals surface area contributed by atoms with Crippen molar-refractivity contribution in [3.63, 3.8) is 0 Å². The topological polar surface area (TPSA) is 66.7 Å². The van der Waals surface area contributed by atoms with Gasteiger partial charge in [-0.15, -0.1) is 11.3 Å². The number of hydrogen-bond acceptors (Lipinski definition) is 4. The Balaban J connectivity index is 1.30. The molecule has 2 aromatic heterocycles. The fourth-order valence-electron chi connectivity index (χ4n) is 4.72. The summed E-state index contributed by atoms with van der Waals surface area (Å²) < 4.78 is 2.04. The highest BCUT2D eigenvalue weighted by Crippen LogP contribution is 2.29. The highest BCUT2D eigenvalue weighted by atomic mass is 32.1. The molecule has 6 nitrogen and oxygen atoms in total. The van der Waals surface area contributed by atoms with Gasteiger partial charge in [-0.25, -0.2) is 4.98 Å². The number of thiazole rings is 1. The molecule has 1 saturated heterocycles. The lowest BCUT2D eigenvalue weighted by Crippen LogP contribution is -2.56. The van der Waals surface area contributed by atoms with Gasteiger partial charge in [-0.05, 0) is 69.4 Å². The van der Waals surface area contributed by atoms with Crippen LogP contribution in [0.2, 0.25) is 0 Å². The monoisotopic (exact) mass is 486 g/mol. The van der Waals surface area contributed by atoms with Gasteiger partial charge in [0.2, 0.25) is 0 Å². The van der Waals surface area contributed by atoms with Crippen LogP contribution in [0.25, 0.3) is 16.1 Å². The molecule has 1 N–H and O–H groups in total. The number of hydrogen-bond donors (Lipinski definition) is 1. The standard InChI is InChI=1S/C28H30N4O2S/c1-16-10-11-21(14-17(16)2)23-8-6-7-9-24(23)27(34)31-13-12-22(31)15-29-26(33)25-19(4)32-18(3)20(5)35-28(32)30-25/h6-11,14,22H,12-13,15H2,1-5H3,(H,29,33). The number of rotatable bonds is 5. The second-order valence-corrected chi connectivity index (χ2v) is 10.6. The molecular weight excluding hydrogens is 456 g/mol. The van der Waals surface area contributed by atoms with Gasteiger partial charge in [0, 0.05) is 29.2 Å². The molecule has 1 fully saturated rings. The van der Waals surface area contributed by atoms with E-state index in [1.807, 2.05) is 47.4 Å². The Hall–Kier alpha value is -3.45. The van der Waals surface area contributed by atoms with Gasteiger partial charge < -0.3 is 10.2 Å².